The van der Waals surface area contributed by atoms with Crippen LogP contribution in [0.1, 0.15) is 37.9 Å². The molecule has 3 rings (SSSR count). The maximum Gasteiger partial charge on any atom is 0.241 e. The van der Waals surface area contributed by atoms with Crippen molar-refractivity contribution in [3.63, 3.8) is 0 Å². The SMILES string of the molecule is CCCCCSc1nc2ccc(S(=O)(=O)N[C@@H](C(N)=O)C(O)c3ccccc3)cc2s1. The van der Waals surface area contributed by atoms with Crippen LogP contribution in [0.4, 0.5) is 0 Å². The molecule has 1 amide bonds. The predicted molar refractivity (Wildman–Crippen MR) is 125 cm³/mol. The number of aromatic nitrogens is 1. The van der Waals surface area contributed by atoms with Crippen LogP contribution in [0.15, 0.2) is 57.8 Å². The van der Waals surface area contributed by atoms with Crippen molar-refractivity contribution >= 4 is 49.2 Å². The lowest BCUT2D eigenvalue weighted by molar-refractivity contribution is -0.122. The highest BCUT2D eigenvalue weighted by atomic mass is 32.2. The van der Waals surface area contributed by atoms with Crippen molar-refractivity contribution in [1.29, 1.82) is 0 Å². The smallest absolute Gasteiger partial charge is 0.241 e. The van der Waals surface area contributed by atoms with E-state index in [0.29, 0.717) is 5.56 Å². The first kappa shape index (κ1) is 23.7. The third kappa shape index (κ3) is 6.05. The van der Waals surface area contributed by atoms with E-state index >= 15 is 0 Å². The lowest BCUT2D eigenvalue weighted by atomic mass is 10.0. The highest BCUT2D eigenvalue weighted by molar-refractivity contribution is 8.01. The lowest BCUT2D eigenvalue weighted by Gasteiger charge is -2.21. The van der Waals surface area contributed by atoms with Crippen molar-refractivity contribution in [2.45, 2.75) is 47.6 Å². The number of nitrogens with one attached hydrogen (secondary N) is 1. The number of aliphatic hydroxyl groups is 1. The molecule has 0 fully saturated rings. The van der Waals surface area contributed by atoms with Crippen molar-refractivity contribution in [3.05, 3.63) is 54.1 Å². The summed E-state index contributed by atoms with van der Waals surface area (Å²) in [6.45, 7) is 2.15. The number of benzene rings is 2. The summed E-state index contributed by atoms with van der Waals surface area (Å²) in [4.78, 5) is 16.4. The van der Waals surface area contributed by atoms with Gasteiger partial charge in [0, 0.05) is 5.75 Å². The summed E-state index contributed by atoms with van der Waals surface area (Å²) in [7, 11) is -4.10. The number of unbranched alkanes of at least 4 members (excludes halogenated alkanes) is 2. The Morgan fingerprint density at radius 3 is 2.65 bits per heavy atom. The number of carbonyl (C=O) groups is 1. The molecule has 2 aromatic carbocycles. The number of hydrogen-bond acceptors (Lipinski definition) is 7. The van der Waals surface area contributed by atoms with Crippen LogP contribution >= 0.6 is 23.1 Å². The third-order valence-electron chi connectivity index (χ3n) is 4.67. The van der Waals surface area contributed by atoms with Crippen LogP contribution in [-0.4, -0.2) is 36.2 Å². The molecule has 0 aliphatic rings. The van der Waals surface area contributed by atoms with E-state index in [0.717, 1.165) is 33.2 Å². The van der Waals surface area contributed by atoms with Crippen molar-refractivity contribution in [2.24, 2.45) is 5.73 Å². The summed E-state index contributed by atoms with van der Waals surface area (Å²) in [5.74, 6) is 0.00228. The van der Waals surface area contributed by atoms with Crippen LogP contribution in [0.5, 0.6) is 0 Å². The zero-order chi connectivity index (χ0) is 22.4. The third-order valence-corrected chi connectivity index (χ3v) is 8.36. The number of amides is 1. The molecule has 3 aromatic rings. The first-order valence-electron chi connectivity index (χ1n) is 9.90. The summed E-state index contributed by atoms with van der Waals surface area (Å²) < 4.78 is 29.7. The van der Waals surface area contributed by atoms with Gasteiger partial charge in [0.15, 0.2) is 4.34 Å². The van der Waals surface area contributed by atoms with Crippen molar-refractivity contribution in [1.82, 2.24) is 9.71 Å². The van der Waals surface area contributed by atoms with Crippen LogP contribution in [0.2, 0.25) is 0 Å². The molecule has 1 unspecified atom stereocenters. The van der Waals surface area contributed by atoms with Crippen LogP contribution in [0, 0.1) is 0 Å². The average molecular weight is 480 g/mol. The van der Waals surface area contributed by atoms with Crippen molar-refractivity contribution < 1.29 is 18.3 Å². The van der Waals surface area contributed by atoms with E-state index in [1.807, 2.05) is 0 Å². The molecule has 0 aliphatic carbocycles. The molecule has 0 aliphatic heterocycles. The van der Waals surface area contributed by atoms with E-state index in [-0.39, 0.29) is 4.90 Å². The van der Waals surface area contributed by atoms with E-state index in [1.165, 1.54) is 29.9 Å². The molecular weight excluding hydrogens is 454 g/mol. The number of thioether (sulfide) groups is 1. The van der Waals surface area contributed by atoms with Gasteiger partial charge >= 0.3 is 0 Å². The van der Waals surface area contributed by atoms with Gasteiger partial charge in [0.1, 0.15) is 12.1 Å². The fraction of sp³-hybridized carbons (Fsp3) is 0.333. The quantitative estimate of drug-likeness (QED) is 0.286. The molecular formula is C21H25N3O4S3. The number of fused-ring (bicyclic) bond motifs is 1. The zero-order valence-electron chi connectivity index (χ0n) is 17.0. The largest absolute Gasteiger partial charge is 0.386 e. The van der Waals surface area contributed by atoms with Gasteiger partial charge in [-0.15, -0.1) is 11.3 Å². The number of primary amides is 1. The Morgan fingerprint density at radius 2 is 1.97 bits per heavy atom. The predicted octanol–water partition coefficient (Wildman–Crippen LogP) is 3.44. The van der Waals surface area contributed by atoms with E-state index in [4.69, 9.17) is 5.73 Å². The Balaban J connectivity index is 1.80. The van der Waals surface area contributed by atoms with Gasteiger partial charge in [-0.1, -0.05) is 61.9 Å². The summed E-state index contributed by atoms with van der Waals surface area (Å²) in [6.07, 6.45) is 2.02. The molecule has 31 heavy (non-hydrogen) atoms. The molecule has 7 nitrogen and oxygen atoms in total. The van der Waals surface area contributed by atoms with Crippen LogP contribution in [0.25, 0.3) is 10.2 Å². The van der Waals surface area contributed by atoms with Crippen LogP contribution < -0.4 is 10.5 Å². The monoisotopic (exact) mass is 479 g/mol. The molecule has 4 N–H and O–H groups in total. The van der Waals surface area contributed by atoms with Gasteiger partial charge in [-0.2, -0.15) is 4.72 Å². The fourth-order valence-corrected chi connectivity index (χ4v) is 6.47. The molecule has 0 bridgehead atoms. The number of aliphatic hydroxyl groups excluding tert-OH is 1. The maximum atomic E-state index is 12.9. The average Bonchev–Trinajstić information content (AvgIpc) is 3.17. The molecule has 0 radical (unpaired) electrons. The standard InChI is InChI=1S/C21H25N3O4S3/c1-2-3-7-12-29-21-23-16-11-10-15(13-17(16)30-21)31(27,28)24-18(20(22)26)19(25)14-8-5-4-6-9-14/h4-6,8-11,13,18-19,24-25H,2-3,7,12H2,1H3,(H2,22,26)/t18-,19?/m1/s1. The Morgan fingerprint density at radius 1 is 1.23 bits per heavy atom. The first-order chi connectivity index (χ1) is 14.8. The summed E-state index contributed by atoms with van der Waals surface area (Å²) in [5, 5.41) is 10.5. The molecule has 0 saturated heterocycles. The van der Waals surface area contributed by atoms with E-state index in [2.05, 4.69) is 16.6 Å². The minimum Gasteiger partial charge on any atom is -0.386 e. The number of rotatable bonds is 11. The zero-order valence-corrected chi connectivity index (χ0v) is 19.5. The number of thiazole rings is 1. The normalized spacial score (nSPS) is 13.9. The van der Waals surface area contributed by atoms with Crippen LogP contribution in [0.3, 0.4) is 0 Å². The molecule has 10 heteroatoms. The van der Waals surface area contributed by atoms with E-state index in [1.54, 1.807) is 48.2 Å². The Labute approximate surface area is 190 Å². The summed E-state index contributed by atoms with van der Waals surface area (Å²) >= 11 is 3.10. The van der Waals surface area contributed by atoms with Gasteiger partial charge in [-0.3, -0.25) is 4.79 Å². The van der Waals surface area contributed by atoms with Crippen LogP contribution in [-0.2, 0) is 14.8 Å². The molecule has 0 saturated carbocycles. The van der Waals surface area contributed by atoms with Gasteiger partial charge in [0.25, 0.3) is 0 Å². The first-order valence-corrected chi connectivity index (χ1v) is 13.2. The highest BCUT2D eigenvalue weighted by Crippen LogP contribution is 2.32. The number of nitrogens with zero attached hydrogens (tertiary/aromatic N) is 1. The number of carbonyl (C=O) groups excluding carboxylic acids is 1. The van der Waals surface area contributed by atoms with Gasteiger partial charge in [-0.05, 0) is 30.2 Å². The second-order valence-electron chi connectivity index (χ2n) is 7.02. The number of nitrogens with two attached hydrogens (primary N) is 1. The van der Waals surface area contributed by atoms with Gasteiger partial charge < -0.3 is 10.8 Å². The van der Waals surface area contributed by atoms with Gasteiger partial charge in [0.2, 0.25) is 15.9 Å². The highest BCUT2D eigenvalue weighted by Gasteiger charge is 2.31. The number of hydrogen-bond donors (Lipinski definition) is 3. The Kier molecular flexibility index (Phi) is 8.06. The van der Waals surface area contributed by atoms with Gasteiger partial charge in [0.05, 0.1) is 15.1 Å². The second kappa shape index (κ2) is 10.6. The van der Waals surface area contributed by atoms with Crippen molar-refractivity contribution in [2.75, 3.05) is 5.75 Å². The lowest BCUT2D eigenvalue weighted by Crippen LogP contribution is -2.48. The Bertz CT molecular complexity index is 1130. The van der Waals surface area contributed by atoms with Gasteiger partial charge in [-0.25, -0.2) is 13.4 Å². The second-order valence-corrected chi connectivity index (χ2v) is 11.1. The fourth-order valence-electron chi connectivity index (χ4n) is 2.98. The molecule has 2 atom stereocenters. The minimum atomic E-state index is -4.10. The molecule has 1 heterocycles. The maximum absolute atomic E-state index is 12.9. The Hall–Kier alpha value is -1.98. The summed E-state index contributed by atoms with van der Waals surface area (Å²) in [6, 6.07) is 11.4. The topological polar surface area (TPSA) is 122 Å². The van der Waals surface area contributed by atoms with E-state index in [9.17, 15) is 18.3 Å². The molecule has 0 spiro atoms. The minimum absolute atomic E-state index is 0.0160. The molecule has 166 valence electrons. The summed E-state index contributed by atoms with van der Waals surface area (Å²) in [5.41, 5.74) is 6.49. The number of sulfonamides is 1. The van der Waals surface area contributed by atoms with E-state index < -0.39 is 28.1 Å². The molecule has 1 aromatic heterocycles. The van der Waals surface area contributed by atoms with Crippen molar-refractivity contribution in [3.8, 4) is 0 Å².